The first-order valence-electron chi connectivity index (χ1n) is 7.79. The van der Waals surface area contributed by atoms with Crippen molar-refractivity contribution in [3.8, 4) is 0 Å². The standard InChI is InChI=1S/C16H19N5OS/c1-11-14(12(2)22-19-11)9-20-4-6-21(7-5-20)15-13-3-8-23-16(13)18-10-17-15/h3,8,10H,4-7,9H2,1-2H3. The number of nitrogens with zero attached hydrogens (tertiary/aromatic N) is 5. The van der Waals surface area contributed by atoms with Gasteiger partial charge in [0.2, 0.25) is 0 Å². The van der Waals surface area contributed by atoms with E-state index in [1.54, 1.807) is 17.7 Å². The first-order chi connectivity index (χ1) is 11.2. The van der Waals surface area contributed by atoms with Gasteiger partial charge in [-0.25, -0.2) is 9.97 Å². The van der Waals surface area contributed by atoms with Gasteiger partial charge in [-0.3, -0.25) is 4.90 Å². The third kappa shape index (κ3) is 2.70. The second-order valence-corrected chi connectivity index (χ2v) is 6.80. The minimum Gasteiger partial charge on any atom is -0.361 e. The van der Waals surface area contributed by atoms with Gasteiger partial charge < -0.3 is 9.42 Å². The Morgan fingerprint density at radius 1 is 1.17 bits per heavy atom. The first kappa shape index (κ1) is 14.6. The van der Waals surface area contributed by atoms with E-state index >= 15 is 0 Å². The predicted molar refractivity (Wildman–Crippen MR) is 90.9 cm³/mol. The Labute approximate surface area is 138 Å². The predicted octanol–water partition coefficient (Wildman–Crippen LogP) is 2.62. The maximum atomic E-state index is 5.26. The zero-order valence-corrected chi connectivity index (χ0v) is 14.1. The summed E-state index contributed by atoms with van der Waals surface area (Å²) in [5, 5.41) is 7.29. The van der Waals surface area contributed by atoms with Crippen molar-refractivity contribution in [2.75, 3.05) is 31.1 Å². The molecule has 0 saturated carbocycles. The van der Waals surface area contributed by atoms with E-state index in [-0.39, 0.29) is 0 Å². The van der Waals surface area contributed by atoms with Gasteiger partial charge in [0.05, 0.1) is 11.1 Å². The van der Waals surface area contributed by atoms with Crippen molar-refractivity contribution in [1.82, 2.24) is 20.0 Å². The SMILES string of the molecule is Cc1noc(C)c1CN1CCN(c2ncnc3sccc23)CC1. The van der Waals surface area contributed by atoms with Gasteiger partial charge in [-0.05, 0) is 25.3 Å². The molecule has 120 valence electrons. The molecule has 7 heteroatoms. The molecule has 1 saturated heterocycles. The second-order valence-electron chi connectivity index (χ2n) is 5.90. The lowest BCUT2D eigenvalue weighted by molar-refractivity contribution is 0.247. The Kier molecular flexibility index (Phi) is 3.74. The Morgan fingerprint density at radius 2 is 2.00 bits per heavy atom. The van der Waals surface area contributed by atoms with Crippen LogP contribution in [0.2, 0.25) is 0 Å². The van der Waals surface area contributed by atoms with Crippen LogP contribution in [0.25, 0.3) is 10.2 Å². The maximum absolute atomic E-state index is 5.26. The number of fused-ring (bicyclic) bond motifs is 1. The van der Waals surface area contributed by atoms with Crippen LogP contribution in [-0.4, -0.2) is 46.2 Å². The van der Waals surface area contributed by atoms with Gasteiger partial charge in [-0.15, -0.1) is 11.3 Å². The molecule has 1 fully saturated rings. The Morgan fingerprint density at radius 3 is 2.74 bits per heavy atom. The number of hydrogen-bond acceptors (Lipinski definition) is 7. The van der Waals surface area contributed by atoms with Crippen LogP contribution in [0.5, 0.6) is 0 Å². The fraction of sp³-hybridized carbons (Fsp3) is 0.438. The molecule has 0 N–H and O–H groups in total. The van der Waals surface area contributed by atoms with Crippen LogP contribution in [0.4, 0.5) is 5.82 Å². The van der Waals surface area contributed by atoms with Crippen LogP contribution in [0.3, 0.4) is 0 Å². The van der Waals surface area contributed by atoms with Gasteiger partial charge in [-0.2, -0.15) is 0 Å². The summed E-state index contributed by atoms with van der Waals surface area (Å²) in [6.45, 7) is 8.89. The van der Waals surface area contributed by atoms with Crippen LogP contribution in [0, 0.1) is 13.8 Å². The van der Waals surface area contributed by atoms with E-state index < -0.39 is 0 Å². The highest BCUT2D eigenvalue weighted by Crippen LogP contribution is 2.27. The molecule has 0 radical (unpaired) electrons. The molecule has 23 heavy (non-hydrogen) atoms. The fourth-order valence-corrected chi connectivity index (χ4v) is 3.83. The highest BCUT2D eigenvalue weighted by atomic mass is 32.1. The lowest BCUT2D eigenvalue weighted by atomic mass is 10.1. The minimum absolute atomic E-state index is 0.909. The quantitative estimate of drug-likeness (QED) is 0.736. The molecule has 0 unspecified atom stereocenters. The van der Waals surface area contributed by atoms with Gasteiger partial charge in [0.25, 0.3) is 0 Å². The molecule has 3 aromatic heterocycles. The van der Waals surface area contributed by atoms with E-state index in [2.05, 4.69) is 36.4 Å². The van der Waals surface area contributed by atoms with Crippen molar-refractivity contribution in [3.63, 3.8) is 0 Å². The number of anilines is 1. The Balaban J connectivity index is 1.46. The van der Waals surface area contributed by atoms with Crippen molar-refractivity contribution >= 4 is 27.4 Å². The topological polar surface area (TPSA) is 58.3 Å². The molecule has 0 aliphatic carbocycles. The minimum atomic E-state index is 0.909. The van der Waals surface area contributed by atoms with Crippen LogP contribution in [-0.2, 0) is 6.54 Å². The van der Waals surface area contributed by atoms with E-state index in [4.69, 9.17) is 4.52 Å². The molecule has 1 aliphatic heterocycles. The fourth-order valence-electron chi connectivity index (χ4n) is 3.10. The second kappa shape index (κ2) is 5.90. The van der Waals surface area contributed by atoms with Gasteiger partial charge in [0, 0.05) is 38.3 Å². The third-order valence-corrected chi connectivity index (χ3v) is 5.30. The Hall–Kier alpha value is -1.99. The third-order valence-electron chi connectivity index (χ3n) is 4.48. The first-order valence-corrected chi connectivity index (χ1v) is 8.67. The van der Waals surface area contributed by atoms with Crippen molar-refractivity contribution in [3.05, 3.63) is 34.8 Å². The normalized spacial score (nSPS) is 16.3. The summed E-state index contributed by atoms with van der Waals surface area (Å²) in [5.41, 5.74) is 2.22. The molecule has 4 rings (SSSR count). The average Bonchev–Trinajstić information content (AvgIpc) is 3.17. The molecular formula is C16H19N5OS. The summed E-state index contributed by atoms with van der Waals surface area (Å²) in [4.78, 5) is 14.7. The molecular weight excluding hydrogens is 310 g/mol. The number of aromatic nitrogens is 3. The highest BCUT2D eigenvalue weighted by Gasteiger charge is 2.22. The van der Waals surface area contributed by atoms with Crippen LogP contribution in [0.15, 0.2) is 22.3 Å². The number of thiophene rings is 1. The summed E-state index contributed by atoms with van der Waals surface area (Å²) in [5.74, 6) is 1.99. The van der Waals surface area contributed by atoms with Crippen molar-refractivity contribution < 1.29 is 4.52 Å². The molecule has 0 spiro atoms. The van der Waals surface area contributed by atoms with E-state index in [0.29, 0.717) is 0 Å². The van der Waals surface area contributed by atoms with Crippen molar-refractivity contribution in [2.24, 2.45) is 0 Å². The molecule has 3 aromatic rings. The Bertz CT molecular complexity index is 799. The molecule has 4 heterocycles. The number of rotatable bonds is 3. The summed E-state index contributed by atoms with van der Waals surface area (Å²) in [6.07, 6.45) is 1.67. The van der Waals surface area contributed by atoms with E-state index in [9.17, 15) is 0 Å². The van der Waals surface area contributed by atoms with Gasteiger partial charge >= 0.3 is 0 Å². The molecule has 0 atom stereocenters. The summed E-state index contributed by atoms with van der Waals surface area (Å²) in [7, 11) is 0. The van der Waals surface area contributed by atoms with Gasteiger partial charge in [0.1, 0.15) is 22.7 Å². The lowest BCUT2D eigenvalue weighted by Crippen LogP contribution is -2.46. The van der Waals surface area contributed by atoms with Crippen molar-refractivity contribution in [1.29, 1.82) is 0 Å². The van der Waals surface area contributed by atoms with Crippen LogP contribution < -0.4 is 4.90 Å². The highest BCUT2D eigenvalue weighted by molar-refractivity contribution is 7.16. The smallest absolute Gasteiger partial charge is 0.140 e. The van der Waals surface area contributed by atoms with E-state index in [1.807, 2.05) is 13.8 Å². The summed E-state index contributed by atoms with van der Waals surface area (Å²) < 4.78 is 5.26. The molecule has 0 bridgehead atoms. The van der Waals surface area contributed by atoms with Gasteiger partial charge in [-0.1, -0.05) is 5.16 Å². The largest absolute Gasteiger partial charge is 0.361 e. The number of hydrogen-bond donors (Lipinski definition) is 0. The average molecular weight is 329 g/mol. The molecule has 1 aliphatic rings. The van der Waals surface area contributed by atoms with Crippen LogP contribution in [0.1, 0.15) is 17.0 Å². The maximum Gasteiger partial charge on any atom is 0.140 e. The number of aryl methyl sites for hydroxylation is 2. The van der Waals surface area contributed by atoms with Gasteiger partial charge in [0.15, 0.2) is 0 Å². The molecule has 0 aromatic carbocycles. The van der Waals surface area contributed by atoms with E-state index in [0.717, 1.165) is 60.2 Å². The number of piperazine rings is 1. The lowest BCUT2D eigenvalue weighted by Gasteiger charge is -2.35. The summed E-state index contributed by atoms with van der Waals surface area (Å²) in [6, 6.07) is 2.12. The zero-order valence-electron chi connectivity index (χ0n) is 13.3. The summed E-state index contributed by atoms with van der Waals surface area (Å²) >= 11 is 1.67. The molecule has 0 amide bonds. The monoisotopic (exact) mass is 329 g/mol. The van der Waals surface area contributed by atoms with Crippen LogP contribution >= 0.6 is 11.3 Å². The zero-order chi connectivity index (χ0) is 15.8. The van der Waals surface area contributed by atoms with Crippen molar-refractivity contribution in [2.45, 2.75) is 20.4 Å². The van der Waals surface area contributed by atoms with E-state index in [1.165, 1.54) is 5.56 Å². The molecule has 6 nitrogen and oxygen atoms in total.